The van der Waals surface area contributed by atoms with Gasteiger partial charge in [-0.25, -0.2) is 0 Å². The third-order valence-corrected chi connectivity index (χ3v) is 4.24. The van der Waals surface area contributed by atoms with E-state index in [1.807, 2.05) is 25.2 Å². The van der Waals surface area contributed by atoms with Gasteiger partial charge in [-0.05, 0) is 30.2 Å². The van der Waals surface area contributed by atoms with E-state index in [-0.39, 0.29) is 11.8 Å². The summed E-state index contributed by atoms with van der Waals surface area (Å²) < 4.78 is 11.1. The van der Waals surface area contributed by atoms with E-state index in [0.717, 1.165) is 30.2 Å². The first-order valence-electron chi connectivity index (χ1n) is 7.49. The summed E-state index contributed by atoms with van der Waals surface area (Å²) in [5.74, 6) is 2.26. The molecule has 0 aromatic heterocycles. The summed E-state index contributed by atoms with van der Waals surface area (Å²) in [6.07, 6.45) is 0. The van der Waals surface area contributed by atoms with E-state index >= 15 is 0 Å². The van der Waals surface area contributed by atoms with E-state index in [2.05, 4.69) is 12.2 Å². The largest absolute Gasteiger partial charge is 0.486 e. The van der Waals surface area contributed by atoms with Gasteiger partial charge >= 0.3 is 0 Å². The zero-order valence-electron chi connectivity index (χ0n) is 12.6. The number of carbonyl (C=O) groups excluding carboxylic acids is 1. The highest BCUT2D eigenvalue weighted by Crippen LogP contribution is 2.31. The average Bonchev–Trinajstić information content (AvgIpc) is 2.92. The smallest absolute Gasteiger partial charge is 0.227 e. The Bertz CT molecular complexity index is 532. The summed E-state index contributed by atoms with van der Waals surface area (Å²) in [5, 5.41) is 3.28. The Kier molecular flexibility index (Phi) is 4.01. The maximum atomic E-state index is 12.5. The first kappa shape index (κ1) is 14.2. The van der Waals surface area contributed by atoms with Gasteiger partial charge in [0.2, 0.25) is 5.91 Å². The van der Waals surface area contributed by atoms with Gasteiger partial charge in [0.05, 0.1) is 5.92 Å². The molecule has 0 aliphatic carbocycles. The minimum Gasteiger partial charge on any atom is -0.486 e. The lowest BCUT2D eigenvalue weighted by Crippen LogP contribution is -2.35. The van der Waals surface area contributed by atoms with Crippen molar-refractivity contribution >= 4 is 5.91 Å². The Morgan fingerprint density at radius 2 is 2.05 bits per heavy atom. The summed E-state index contributed by atoms with van der Waals surface area (Å²) in [6.45, 7) is 5.60. The highest BCUT2D eigenvalue weighted by Gasteiger charge is 2.31. The maximum Gasteiger partial charge on any atom is 0.227 e. The molecule has 2 aliphatic heterocycles. The summed E-state index contributed by atoms with van der Waals surface area (Å²) in [5.41, 5.74) is 1.06. The summed E-state index contributed by atoms with van der Waals surface area (Å²) in [6, 6.07) is 5.88. The topological polar surface area (TPSA) is 50.8 Å². The molecule has 0 spiro atoms. The van der Waals surface area contributed by atoms with Crippen LogP contribution < -0.4 is 14.8 Å². The molecule has 114 valence electrons. The van der Waals surface area contributed by atoms with E-state index < -0.39 is 0 Å². The molecule has 2 heterocycles. The molecular weight excluding hydrogens is 268 g/mol. The number of hydrogen-bond acceptors (Lipinski definition) is 4. The van der Waals surface area contributed by atoms with Crippen molar-refractivity contribution in [3.63, 3.8) is 0 Å². The molecule has 5 heteroatoms. The first-order valence-corrected chi connectivity index (χ1v) is 7.49. The second-order valence-electron chi connectivity index (χ2n) is 5.91. The van der Waals surface area contributed by atoms with Gasteiger partial charge in [0.1, 0.15) is 13.2 Å². The lowest BCUT2D eigenvalue weighted by molar-refractivity contribution is -0.135. The molecule has 2 atom stereocenters. The van der Waals surface area contributed by atoms with Gasteiger partial charge in [0.15, 0.2) is 11.5 Å². The van der Waals surface area contributed by atoms with Gasteiger partial charge in [0.25, 0.3) is 0 Å². The lowest BCUT2D eigenvalue weighted by atomic mass is 9.96. The van der Waals surface area contributed by atoms with E-state index in [0.29, 0.717) is 25.7 Å². The number of carbonyl (C=O) groups is 1. The van der Waals surface area contributed by atoms with E-state index in [1.54, 1.807) is 4.90 Å². The zero-order chi connectivity index (χ0) is 14.8. The van der Waals surface area contributed by atoms with Crippen molar-refractivity contribution in [2.75, 3.05) is 33.4 Å². The normalized spacial score (nSPS) is 23.9. The molecule has 2 aliphatic rings. The Morgan fingerprint density at radius 1 is 1.29 bits per heavy atom. The summed E-state index contributed by atoms with van der Waals surface area (Å²) in [4.78, 5) is 14.3. The van der Waals surface area contributed by atoms with Crippen LogP contribution in [0.1, 0.15) is 12.5 Å². The maximum absolute atomic E-state index is 12.5. The van der Waals surface area contributed by atoms with Crippen LogP contribution in [-0.4, -0.2) is 44.2 Å². The van der Waals surface area contributed by atoms with Crippen molar-refractivity contribution in [2.24, 2.45) is 11.8 Å². The van der Waals surface area contributed by atoms with Gasteiger partial charge < -0.3 is 19.7 Å². The second-order valence-corrected chi connectivity index (χ2v) is 5.91. The molecule has 1 aromatic rings. The summed E-state index contributed by atoms with van der Waals surface area (Å²) in [7, 11) is 1.87. The molecule has 21 heavy (non-hydrogen) atoms. The van der Waals surface area contributed by atoms with Crippen LogP contribution in [0.5, 0.6) is 11.5 Å². The third-order valence-electron chi connectivity index (χ3n) is 4.24. The number of ether oxygens (including phenoxy) is 2. The van der Waals surface area contributed by atoms with Gasteiger partial charge in [0, 0.05) is 20.1 Å². The van der Waals surface area contributed by atoms with E-state index in [4.69, 9.17) is 9.47 Å². The number of hydrogen-bond donors (Lipinski definition) is 1. The van der Waals surface area contributed by atoms with Crippen molar-refractivity contribution in [3.8, 4) is 11.5 Å². The van der Waals surface area contributed by atoms with Crippen LogP contribution in [0.3, 0.4) is 0 Å². The van der Waals surface area contributed by atoms with Gasteiger partial charge in [-0.2, -0.15) is 0 Å². The Hall–Kier alpha value is -1.75. The van der Waals surface area contributed by atoms with Gasteiger partial charge in [-0.15, -0.1) is 0 Å². The van der Waals surface area contributed by atoms with Crippen LogP contribution in [-0.2, 0) is 11.3 Å². The van der Waals surface area contributed by atoms with Crippen LogP contribution in [0.15, 0.2) is 18.2 Å². The zero-order valence-corrected chi connectivity index (χ0v) is 12.6. The predicted molar refractivity (Wildman–Crippen MR) is 79.4 cm³/mol. The SMILES string of the molecule is C[C@@H]1CNC[C@H]1C(=O)N(C)Cc1ccc2c(c1)OCCO2. The molecule has 3 rings (SSSR count). The molecule has 0 bridgehead atoms. The van der Waals surface area contributed by atoms with E-state index in [9.17, 15) is 4.79 Å². The molecule has 0 radical (unpaired) electrons. The van der Waals surface area contributed by atoms with Crippen LogP contribution in [0, 0.1) is 11.8 Å². The molecule has 1 fully saturated rings. The van der Waals surface area contributed by atoms with Crippen molar-refractivity contribution in [1.82, 2.24) is 10.2 Å². The Morgan fingerprint density at radius 3 is 2.76 bits per heavy atom. The van der Waals surface area contributed by atoms with Crippen LogP contribution >= 0.6 is 0 Å². The fourth-order valence-electron chi connectivity index (χ4n) is 2.96. The molecule has 1 amide bonds. The minimum absolute atomic E-state index is 0.0900. The molecule has 1 aromatic carbocycles. The monoisotopic (exact) mass is 290 g/mol. The fraction of sp³-hybridized carbons (Fsp3) is 0.562. The molecular formula is C16H22N2O3. The fourth-order valence-corrected chi connectivity index (χ4v) is 2.96. The van der Waals surface area contributed by atoms with E-state index in [1.165, 1.54) is 0 Å². The van der Waals surface area contributed by atoms with Crippen LogP contribution in [0.4, 0.5) is 0 Å². The summed E-state index contributed by atoms with van der Waals surface area (Å²) >= 11 is 0. The number of fused-ring (bicyclic) bond motifs is 1. The number of nitrogens with one attached hydrogen (secondary N) is 1. The number of amides is 1. The third kappa shape index (κ3) is 2.97. The standard InChI is InChI=1S/C16H22N2O3/c1-11-8-17-9-13(11)16(19)18(2)10-12-3-4-14-15(7-12)21-6-5-20-14/h3-4,7,11,13,17H,5-6,8-10H2,1-2H3/t11-,13-/m1/s1. The molecule has 0 unspecified atom stereocenters. The van der Waals surface area contributed by atoms with Crippen molar-refractivity contribution in [1.29, 1.82) is 0 Å². The quantitative estimate of drug-likeness (QED) is 0.911. The molecule has 1 saturated heterocycles. The second kappa shape index (κ2) is 5.93. The highest BCUT2D eigenvalue weighted by molar-refractivity contribution is 5.79. The highest BCUT2D eigenvalue weighted by atomic mass is 16.6. The predicted octanol–water partition coefficient (Wildman–Crippen LogP) is 1.27. The molecule has 0 saturated carbocycles. The van der Waals surface area contributed by atoms with Crippen LogP contribution in [0.25, 0.3) is 0 Å². The minimum atomic E-state index is 0.0900. The molecule has 5 nitrogen and oxygen atoms in total. The van der Waals surface area contributed by atoms with Crippen molar-refractivity contribution < 1.29 is 14.3 Å². The van der Waals surface area contributed by atoms with Crippen LogP contribution in [0.2, 0.25) is 0 Å². The first-order chi connectivity index (χ1) is 10.1. The number of nitrogens with zero attached hydrogens (tertiary/aromatic N) is 1. The van der Waals surface area contributed by atoms with Gasteiger partial charge in [-0.1, -0.05) is 13.0 Å². The molecule has 1 N–H and O–H groups in total. The lowest BCUT2D eigenvalue weighted by Gasteiger charge is -2.24. The number of benzene rings is 1. The van der Waals surface area contributed by atoms with Gasteiger partial charge in [-0.3, -0.25) is 4.79 Å². The van der Waals surface area contributed by atoms with Crippen molar-refractivity contribution in [2.45, 2.75) is 13.5 Å². The van der Waals surface area contributed by atoms with Crippen molar-refractivity contribution in [3.05, 3.63) is 23.8 Å². The average molecular weight is 290 g/mol. The number of rotatable bonds is 3. The Labute approximate surface area is 125 Å². The Balaban J connectivity index is 1.67.